The molecule has 0 aliphatic carbocycles. The van der Waals surface area contributed by atoms with Crippen LogP contribution in [0.2, 0.25) is 0 Å². The highest BCUT2D eigenvalue weighted by atomic mass is 19.1. The number of carbonyl (C=O) groups is 1. The summed E-state index contributed by atoms with van der Waals surface area (Å²) in [6.07, 6.45) is 2.20. The van der Waals surface area contributed by atoms with Gasteiger partial charge in [-0.2, -0.15) is 0 Å². The number of benzene rings is 2. The number of aryl methyl sites for hydroxylation is 1. The Hall–Kier alpha value is -3.46. The van der Waals surface area contributed by atoms with E-state index in [1.165, 1.54) is 6.33 Å². The summed E-state index contributed by atoms with van der Waals surface area (Å²) in [6.45, 7) is 7.46. The molecule has 2 fully saturated rings. The van der Waals surface area contributed by atoms with E-state index in [1.807, 2.05) is 40.0 Å². The number of rotatable bonds is 5. The lowest BCUT2D eigenvalue weighted by molar-refractivity contribution is 0.0820. The van der Waals surface area contributed by atoms with Gasteiger partial charge in [-0.05, 0) is 37.6 Å². The van der Waals surface area contributed by atoms with Gasteiger partial charge in [0.05, 0.1) is 30.0 Å². The minimum absolute atomic E-state index is 0.0835. The zero-order valence-corrected chi connectivity index (χ0v) is 20.8. The molecule has 186 valence electrons. The van der Waals surface area contributed by atoms with E-state index in [-0.39, 0.29) is 18.0 Å². The summed E-state index contributed by atoms with van der Waals surface area (Å²) >= 11 is 0. The lowest BCUT2D eigenvalue weighted by atomic mass is 10.0. The molecule has 1 N–H and O–H groups in total. The number of halogens is 1. The number of hydrogen-bond acceptors (Lipinski definition) is 7. The van der Waals surface area contributed by atoms with Gasteiger partial charge in [-0.15, -0.1) is 0 Å². The molecule has 2 atom stereocenters. The molecule has 1 aromatic heterocycles. The molecule has 0 saturated carbocycles. The Kier molecular flexibility index (Phi) is 7.35. The number of likely N-dealkylation sites (tertiary alicyclic amines) is 1. The molecule has 8 nitrogen and oxygen atoms in total. The van der Waals surface area contributed by atoms with Gasteiger partial charge in [0, 0.05) is 24.5 Å². The Morgan fingerprint density at radius 3 is 2.80 bits per heavy atom. The van der Waals surface area contributed by atoms with Crippen LogP contribution >= 0.6 is 0 Å². The Labute approximate surface area is 205 Å². The number of likely N-dealkylation sites (N-methyl/N-ethyl adjacent to an activating group) is 1. The molecular formula is C26H32FN5O3. The van der Waals surface area contributed by atoms with Crippen molar-refractivity contribution in [3.8, 4) is 5.75 Å². The van der Waals surface area contributed by atoms with Crippen molar-refractivity contribution in [2.75, 3.05) is 37.5 Å². The monoisotopic (exact) mass is 481 g/mol. The maximum atomic E-state index is 14.9. The van der Waals surface area contributed by atoms with E-state index >= 15 is 0 Å². The van der Waals surface area contributed by atoms with Crippen LogP contribution in [0, 0.1) is 5.82 Å². The molecule has 0 bridgehead atoms. The number of anilines is 3. The molecular weight excluding hydrogens is 449 g/mol. The van der Waals surface area contributed by atoms with Crippen molar-refractivity contribution < 1.29 is 18.7 Å². The van der Waals surface area contributed by atoms with Crippen molar-refractivity contribution in [1.82, 2.24) is 14.9 Å². The predicted molar refractivity (Wildman–Crippen MR) is 135 cm³/mol. The van der Waals surface area contributed by atoms with E-state index in [2.05, 4.69) is 20.2 Å². The minimum Gasteiger partial charge on any atom is -0.494 e. The van der Waals surface area contributed by atoms with Gasteiger partial charge in [0.25, 0.3) is 0 Å². The molecule has 0 spiro atoms. The first-order chi connectivity index (χ1) is 17.0. The van der Waals surface area contributed by atoms with Crippen molar-refractivity contribution >= 4 is 34.2 Å². The van der Waals surface area contributed by atoms with E-state index in [1.54, 1.807) is 30.2 Å². The van der Waals surface area contributed by atoms with Gasteiger partial charge in [0.15, 0.2) is 0 Å². The maximum absolute atomic E-state index is 14.9. The van der Waals surface area contributed by atoms with Crippen LogP contribution in [0.25, 0.3) is 10.9 Å². The Morgan fingerprint density at radius 1 is 1.26 bits per heavy atom. The third kappa shape index (κ3) is 4.60. The normalized spacial score (nSPS) is 19.6. The first kappa shape index (κ1) is 24.7. The summed E-state index contributed by atoms with van der Waals surface area (Å²) in [6, 6.07) is 8.75. The van der Waals surface area contributed by atoms with Crippen LogP contribution < -0.4 is 15.0 Å². The number of piperidine rings is 1. The topological polar surface area (TPSA) is 79.8 Å². The fraction of sp³-hybridized carbons (Fsp3) is 0.423. The number of nitrogens with one attached hydrogen (secondary N) is 1. The quantitative estimate of drug-likeness (QED) is 0.541. The van der Waals surface area contributed by atoms with Crippen LogP contribution in [0.5, 0.6) is 5.75 Å². The number of hydrogen-bond donors (Lipinski definition) is 1. The van der Waals surface area contributed by atoms with Crippen molar-refractivity contribution in [2.45, 2.75) is 45.8 Å². The summed E-state index contributed by atoms with van der Waals surface area (Å²) in [5.74, 6) is 0.657. The predicted octanol–water partition coefficient (Wildman–Crippen LogP) is 5.14. The average Bonchev–Trinajstić information content (AvgIpc) is 3.20. The van der Waals surface area contributed by atoms with Gasteiger partial charge in [-0.3, -0.25) is 4.90 Å². The molecule has 2 aliphatic rings. The van der Waals surface area contributed by atoms with Crippen molar-refractivity contribution in [3.63, 3.8) is 0 Å². The summed E-state index contributed by atoms with van der Waals surface area (Å²) in [7, 11) is 3.58. The number of fused-ring (bicyclic) bond motifs is 2. The molecule has 2 unspecified atom stereocenters. The second-order valence-corrected chi connectivity index (χ2v) is 8.43. The summed E-state index contributed by atoms with van der Waals surface area (Å²) < 4.78 is 26.2. The van der Waals surface area contributed by atoms with Crippen molar-refractivity contribution in [3.05, 3.63) is 48.0 Å². The summed E-state index contributed by atoms with van der Waals surface area (Å²) in [5.41, 5.74) is 2.16. The van der Waals surface area contributed by atoms with Gasteiger partial charge < -0.3 is 19.7 Å². The fourth-order valence-electron chi connectivity index (χ4n) is 4.67. The smallest absolute Gasteiger partial charge is 0.415 e. The number of aromatic nitrogens is 2. The van der Waals surface area contributed by atoms with Gasteiger partial charge in [0.1, 0.15) is 29.8 Å². The molecule has 3 aromatic rings. The number of methoxy groups -OCH3 is 1. The molecule has 1 amide bonds. The van der Waals surface area contributed by atoms with Crippen LogP contribution in [-0.4, -0.2) is 60.4 Å². The fourth-order valence-corrected chi connectivity index (χ4v) is 4.67. The Morgan fingerprint density at radius 2 is 2.06 bits per heavy atom. The number of nitrogens with zero attached hydrogens (tertiary/aromatic N) is 4. The molecule has 2 aliphatic heterocycles. The Balaban J connectivity index is 0.00000141. The number of ether oxygens (including phenoxy) is 2. The summed E-state index contributed by atoms with van der Waals surface area (Å²) in [4.78, 5) is 25.4. The van der Waals surface area contributed by atoms with Gasteiger partial charge in [-0.25, -0.2) is 19.2 Å². The molecule has 3 heterocycles. The largest absolute Gasteiger partial charge is 0.494 e. The SMILES string of the molecule is CC.CCc1cccc(Nc2ncnc3cc(OC)c(N4C(=O)OC5CN(C)CCC54)cc23)c1F. The lowest BCUT2D eigenvalue weighted by Gasteiger charge is -2.33. The van der Waals surface area contributed by atoms with E-state index in [4.69, 9.17) is 9.47 Å². The number of amides is 1. The Bertz CT molecular complexity index is 1220. The third-order valence-corrected chi connectivity index (χ3v) is 6.42. The van der Waals surface area contributed by atoms with E-state index in [0.29, 0.717) is 52.4 Å². The molecule has 9 heteroatoms. The molecule has 2 aromatic carbocycles. The van der Waals surface area contributed by atoms with Crippen LogP contribution in [0.3, 0.4) is 0 Å². The van der Waals surface area contributed by atoms with Gasteiger partial charge in [0.2, 0.25) is 0 Å². The molecule has 0 radical (unpaired) electrons. The van der Waals surface area contributed by atoms with Gasteiger partial charge >= 0.3 is 6.09 Å². The first-order valence-electron chi connectivity index (χ1n) is 12.1. The zero-order chi connectivity index (χ0) is 25.1. The second kappa shape index (κ2) is 10.4. The molecule has 35 heavy (non-hydrogen) atoms. The van der Waals surface area contributed by atoms with E-state index in [0.717, 1.165) is 13.0 Å². The zero-order valence-electron chi connectivity index (χ0n) is 20.8. The molecule has 2 saturated heterocycles. The number of carbonyl (C=O) groups excluding carboxylic acids is 1. The first-order valence-corrected chi connectivity index (χ1v) is 12.1. The molecule has 5 rings (SSSR count). The van der Waals surface area contributed by atoms with Gasteiger partial charge in [-0.1, -0.05) is 32.9 Å². The van der Waals surface area contributed by atoms with E-state index in [9.17, 15) is 9.18 Å². The van der Waals surface area contributed by atoms with Crippen molar-refractivity contribution in [1.29, 1.82) is 0 Å². The van der Waals surface area contributed by atoms with Crippen LogP contribution in [0.1, 0.15) is 32.8 Å². The highest BCUT2D eigenvalue weighted by Gasteiger charge is 2.46. The van der Waals surface area contributed by atoms with Crippen molar-refractivity contribution in [2.24, 2.45) is 0 Å². The van der Waals surface area contributed by atoms with Crippen LogP contribution in [0.15, 0.2) is 36.7 Å². The average molecular weight is 482 g/mol. The minimum atomic E-state index is -0.397. The highest BCUT2D eigenvalue weighted by molar-refractivity contribution is 6.00. The maximum Gasteiger partial charge on any atom is 0.415 e. The lowest BCUT2D eigenvalue weighted by Crippen LogP contribution is -2.48. The third-order valence-electron chi connectivity index (χ3n) is 6.42. The summed E-state index contributed by atoms with van der Waals surface area (Å²) in [5, 5.41) is 3.76. The van der Waals surface area contributed by atoms with Crippen LogP contribution in [0.4, 0.5) is 26.4 Å². The highest BCUT2D eigenvalue weighted by Crippen LogP contribution is 2.40. The second-order valence-electron chi connectivity index (χ2n) is 8.43. The van der Waals surface area contributed by atoms with E-state index < -0.39 is 6.09 Å². The standard InChI is InChI=1S/C24H26FN5O3.C2H6/c1-4-14-6-5-7-16(22(14)25)28-23-15-10-19(20(32-3)11-17(15)26-13-27-23)30-18-8-9-29(2)12-21(18)33-24(30)31;1-2/h5-7,10-11,13,18,21H,4,8-9,12H2,1-3H3,(H,26,27,28);1-2H3. The van der Waals surface area contributed by atoms with Crippen LogP contribution in [-0.2, 0) is 11.2 Å².